The predicted octanol–water partition coefficient (Wildman–Crippen LogP) is 4.66. The number of carbonyl (C=O) groups is 1. The number of para-hydroxylation sites is 1. The Labute approximate surface area is 180 Å². The molecule has 1 saturated heterocycles. The van der Waals surface area contributed by atoms with Gasteiger partial charge in [0.2, 0.25) is 11.7 Å². The molecule has 1 amide bonds. The lowest BCUT2D eigenvalue weighted by molar-refractivity contribution is -0.131. The standard InChI is InChI=1S/C23H26N4O2S/c28-21(26-13-12-17-7-4-5-8-18(17)15-26)16-30-23-25-24-22(20-11-6-14-29-20)27(23)19-9-2-1-3-10-19/h1-3,6,9-11,14,17-18H,4-5,7-8,12-13,15-16H2/t17-,18-/m1/s1. The largest absolute Gasteiger partial charge is 0.461 e. The van der Waals surface area contributed by atoms with Crippen molar-refractivity contribution in [3.8, 4) is 17.3 Å². The molecule has 3 aromatic rings. The second kappa shape index (κ2) is 8.68. The van der Waals surface area contributed by atoms with E-state index in [0.717, 1.165) is 31.1 Å². The lowest BCUT2D eigenvalue weighted by Crippen LogP contribution is -2.45. The van der Waals surface area contributed by atoms with Crippen LogP contribution in [0.15, 0.2) is 58.3 Å². The molecule has 2 atom stereocenters. The fourth-order valence-corrected chi connectivity index (χ4v) is 5.64. The Morgan fingerprint density at radius 1 is 1.03 bits per heavy atom. The number of benzene rings is 1. The van der Waals surface area contributed by atoms with Crippen LogP contribution in [0.2, 0.25) is 0 Å². The van der Waals surface area contributed by atoms with E-state index in [2.05, 4.69) is 15.1 Å². The molecule has 2 fully saturated rings. The summed E-state index contributed by atoms with van der Waals surface area (Å²) in [7, 11) is 0. The number of carbonyl (C=O) groups excluding carboxylic acids is 1. The molecule has 2 aromatic heterocycles. The first-order valence-electron chi connectivity index (χ1n) is 10.7. The highest BCUT2D eigenvalue weighted by atomic mass is 32.2. The zero-order valence-electron chi connectivity index (χ0n) is 16.9. The van der Waals surface area contributed by atoms with Gasteiger partial charge in [-0.2, -0.15) is 0 Å². The van der Waals surface area contributed by atoms with E-state index in [1.807, 2.05) is 47.0 Å². The molecule has 1 aliphatic carbocycles. The monoisotopic (exact) mass is 422 g/mol. The molecule has 0 bridgehead atoms. The van der Waals surface area contributed by atoms with Crippen molar-refractivity contribution in [1.29, 1.82) is 0 Å². The van der Waals surface area contributed by atoms with Gasteiger partial charge in [0.1, 0.15) is 0 Å². The van der Waals surface area contributed by atoms with Crippen LogP contribution in [0.1, 0.15) is 32.1 Å². The first-order chi connectivity index (χ1) is 14.8. The number of furan rings is 1. The number of thioether (sulfide) groups is 1. The van der Waals surface area contributed by atoms with Crippen molar-refractivity contribution in [3.63, 3.8) is 0 Å². The molecule has 5 rings (SSSR count). The van der Waals surface area contributed by atoms with Gasteiger partial charge in [-0.15, -0.1) is 10.2 Å². The molecular weight excluding hydrogens is 396 g/mol. The van der Waals surface area contributed by atoms with Crippen molar-refractivity contribution < 1.29 is 9.21 Å². The van der Waals surface area contributed by atoms with Gasteiger partial charge in [-0.25, -0.2) is 0 Å². The first-order valence-corrected chi connectivity index (χ1v) is 11.7. The van der Waals surface area contributed by atoms with Crippen LogP contribution in [-0.2, 0) is 4.79 Å². The summed E-state index contributed by atoms with van der Waals surface area (Å²) < 4.78 is 7.52. The van der Waals surface area contributed by atoms with Crippen LogP contribution in [0, 0.1) is 11.8 Å². The number of piperidine rings is 1. The fourth-order valence-electron chi connectivity index (χ4n) is 4.78. The topological polar surface area (TPSA) is 64.2 Å². The number of rotatable bonds is 5. The fraction of sp³-hybridized carbons (Fsp3) is 0.435. The first kappa shape index (κ1) is 19.4. The molecule has 7 heteroatoms. The Morgan fingerprint density at radius 2 is 1.87 bits per heavy atom. The highest BCUT2D eigenvalue weighted by molar-refractivity contribution is 7.99. The average Bonchev–Trinajstić information content (AvgIpc) is 3.47. The molecule has 2 aliphatic rings. The van der Waals surface area contributed by atoms with E-state index in [1.165, 1.54) is 37.4 Å². The zero-order valence-corrected chi connectivity index (χ0v) is 17.8. The van der Waals surface area contributed by atoms with Gasteiger partial charge in [0.05, 0.1) is 12.0 Å². The highest BCUT2D eigenvalue weighted by Gasteiger charge is 2.33. The summed E-state index contributed by atoms with van der Waals surface area (Å²) >= 11 is 1.45. The van der Waals surface area contributed by atoms with Gasteiger partial charge in [-0.3, -0.25) is 9.36 Å². The molecule has 0 unspecified atom stereocenters. The van der Waals surface area contributed by atoms with E-state index < -0.39 is 0 Å². The average molecular weight is 423 g/mol. The second-order valence-electron chi connectivity index (χ2n) is 8.18. The van der Waals surface area contributed by atoms with Gasteiger partial charge in [-0.05, 0) is 48.9 Å². The van der Waals surface area contributed by atoms with Crippen LogP contribution >= 0.6 is 11.8 Å². The van der Waals surface area contributed by atoms with E-state index in [4.69, 9.17) is 4.42 Å². The third-order valence-corrected chi connectivity index (χ3v) is 7.27. The third-order valence-electron chi connectivity index (χ3n) is 6.36. The molecule has 30 heavy (non-hydrogen) atoms. The maximum atomic E-state index is 13.0. The van der Waals surface area contributed by atoms with Crippen molar-refractivity contribution in [2.45, 2.75) is 37.3 Å². The van der Waals surface area contributed by atoms with Gasteiger partial charge in [0.15, 0.2) is 10.9 Å². The summed E-state index contributed by atoms with van der Waals surface area (Å²) in [5.41, 5.74) is 0.951. The second-order valence-corrected chi connectivity index (χ2v) is 9.12. The minimum atomic E-state index is 0.200. The van der Waals surface area contributed by atoms with Crippen LogP contribution in [-0.4, -0.2) is 44.4 Å². The van der Waals surface area contributed by atoms with Crippen LogP contribution < -0.4 is 0 Å². The van der Waals surface area contributed by atoms with Crippen molar-refractivity contribution >= 4 is 17.7 Å². The number of nitrogens with zero attached hydrogens (tertiary/aromatic N) is 4. The van der Waals surface area contributed by atoms with Crippen molar-refractivity contribution in [2.75, 3.05) is 18.8 Å². The zero-order chi connectivity index (χ0) is 20.3. The van der Waals surface area contributed by atoms with Gasteiger partial charge in [-0.1, -0.05) is 49.2 Å². The highest BCUT2D eigenvalue weighted by Crippen LogP contribution is 2.36. The van der Waals surface area contributed by atoms with Gasteiger partial charge < -0.3 is 9.32 Å². The molecular formula is C23H26N4O2S. The molecule has 1 aromatic carbocycles. The van der Waals surface area contributed by atoms with E-state index in [0.29, 0.717) is 28.4 Å². The lowest BCUT2D eigenvalue weighted by atomic mass is 9.75. The Morgan fingerprint density at radius 3 is 2.67 bits per heavy atom. The number of likely N-dealkylation sites (tertiary alicyclic amines) is 1. The van der Waals surface area contributed by atoms with Crippen LogP contribution in [0.3, 0.4) is 0 Å². The van der Waals surface area contributed by atoms with E-state index in [-0.39, 0.29) is 5.91 Å². The molecule has 0 N–H and O–H groups in total. The number of fused-ring (bicyclic) bond motifs is 1. The molecule has 6 nitrogen and oxygen atoms in total. The van der Waals surface area contributed by atoms with Crippen LogP contribution in [0.4, 0.5) is 0 Å². The molecule has 1 saturated carbocycles. The summed E-state index contributed by atoms with van der Waals surface area (Å²) in [6.07, 6.45) is 8.08. The summed E-state index contributed by atoms with van der Waals surface area (Å²) in [6.45, 7) is 1.82. The Bertz CT molecular complexity index is 986. The Balaban J connectivity index is 1.32. The van der Waals surface area contributed by atoms with Gasteiger partial charge in [0, 0.05) is 18.8 Å². The molecule has 0 spiro atoms. The van der Waals surface area contributed by atoms with Crippen LogP contribution in [0.5, 0.6) is 0 Å². The van der Waals surface area contributed by atoms with Gasteiger partial charge in [0.25, 0.3) is 0 Å². The number of hydrogen-bond acceptors (Lipinski definition) is 5. The Hall–Kier alpha value is -2.54. The Kier molecular flexibility index (Phi) is 5.62. The normalized spacial score (nSPS) is 21.4. The SMILES string of the molecule is O=C(CSc1nnc(-c2ccco2)n1-c1ccccc1)N1CC[C@H]2CCCC[C@@H]2C1. The molecule has 156 valence electrons. The maximum Gasteiger partial charge on any atom is 0.233 e. The van der Waals surface area contributed by atoms with E-state index in [1.54, 1.807) is 6.26 Å². The maximum absolute atomic E-state index is 13.0. The summed E-state index contributed by atoms with van der Waals surface area (Å²) in [5.74, 6) is 3.40. The summed E-state index contributed by atoms with van der Waals surface area (Å²) in [5, 5.41) is 9.43. The van der Waals surface area contributed by atoms with Gasteiger partial charge >= 0.3 is 0 Å². The van der Waals surface area contributed by atoms with Crippen molar-refractivity contribution in [3.05, 3.63) is 48.7 Å². The smallest absolute Gasteiger partial charge is 0.233 e. The number of aromatic nitrogens is 3. The lowest BCUT2D eigenvalue weighted by Gasteiger charge is -2.41. The molecule has 3 heterocycles. The van der Waals surface area contributed by atoms with E-state index in [9.17, 15) is 4.79 Å². The minimum Gasteiger partial charge on any atom is -0.461 e. The van der Waals surface area contributed by atoms with E-state index >= 15 is 0 Å². The summed E-state index contributed by atoms with van der Waals surface area (Å²) in [4.78, 5) is 15.0. The predicted molar refractivity (Wildman–Crippen MR) is 116 cm³/mol. The van der Waals surface area contributed by atoms with Crippen molar-refractivity contribution in [1.82, 2.24) is 19.7 Å². The van der Waals surface area contributed by atoms with Crippen LogP contribution in [0.25, 0.3) is 17.3 Å². The minimum absolute atomic E-state index is 0.200. The molecule has 0 radical (unpaired) electrons. The quantitative estimate of drug-likeness (QED) is 0.560. The molecule has 1 aliphatic heterocycles. The third kappa shape index (κ3) is 3.90. The number of hydrogen-bond donors (Lipinski definition) is 0. The number of amides is 1. The van der Waals surface area contributed by atoms with Crippen molar-refractivity contribution in [2.24, 2.45) is 11.8 Å². The summed E-state index contributed by atoms with van der Waals surface area (Å²) in [6, 6.07) is 13.7.